The number of nitrogens with one attached hydrogen (secondary N) is 1. The lowest BCUT2D eigenvalue weighted by Crippen LogP contribution is -2.28. The number of benzene rings is 2. The second-order valence-corrected chi connectivity index (χ2v) is 6.30. The smallest absolute Gasteiger partial charge is 0.220 e. The van der Waals surface area contributed by atoms with Gasteiger partial charge in [-0.25, -0.2) is 0 Å². The molecule has 3 nitrogen and oxygen atoms in total. The molecule has 2 rings (SSSR count). The fraction of sp³-hybridized carbons (Fsp3) is 0.381. The Morgan fingerprint density at radius 2 is 1.71 bits per heavy atom. The van der Waals surface area contributed by atoms with Crippen molar-refractivity contribution in [3.05, 3.63) is 65.7 Å². The number of hydrogen-bond acceptors (Lipinski definition) is 2. The highest BCUT2D eigenvalue weighted by Gasteiger charge is 2.03. The molecule has 0 aromatic heterocycles. The van der Waals surface area contributed by atoms with E-state index in [-0.39, 0.29) is 5.91 Å². The highest BCUT2D eigenvalue weighted by molar-refractivity contribution is 5.75. The predicted octanol–water partition coefficient (Wildman–Crippen LogP) is 3.96. The van der Waals surface area contributed by atoms with Gasteiger partial charge in [-0.15, -0.1) is 0 Å². The number of carbonyl (C=O) groups excluding carboxylic acids is 1. The van der Waals surface area contributed by atoms with Crippen molar-refractivity contribution in [2.24, 2.45) is 0 Å². The van der Waals surface area contributed by atoms with Crippen molar-refractivity contribution >= 4 is 11.6 Å². The standard InChI is InChI=1S/C21H28N2O/c1-18-12-14-19(15-13-18)8-6-11-21(24)22-16-7-17-23(2)20-9-4-3-5-10-20/h3-5,9-10,12-15H,6-8,11,16-17H2,1-2H3,(H,22,24). The second-order valence-electron chi connectivity index (χ2n) is 6.30. The Kier molecular flexibility index (Phi) is 7.34. The van der Waals surface area contributed by atoms with Crippen molar-refractivity contribution in [2.75, 3.05) is 25.0 Å². The van der Waals surface area contributed by atoms with E-state index in [2.05, 4.69) is 60.6 Å². The molecule has 0 aliphatic carbocycles. The van der Waals surface area contributed by atoms with Crippen LogP contribution >= 0.6 is 0 Å². The van der Waals surface area contributed by atoms with Crippen LogP contribution in [-0.4, -0.2) is 26.0 Å². The van der Waals surface area contributed by atoms with Gasteiger partial charge in [-0.3, -0.25) is 4.79 Å². The van der Waals surface area contributed by atoms with Crippen LogP contribution in [0.5, 0.6) is 0 Å². The molecule has 0 spiro atoms. The minimum Gasteiger partial charge on any atom is -0.375 e. The number of amides is 1. The average Bonchev–Trinajstić information content (AvgIpc) is 2.61. The molecule has 0 aliphatic rings. The first-order valence-corrected chi connectivity index (χ1v) is 8.73. The molecule has 128 valence electrons. The third-order valence-corrected chi connectivity index (χ3v) is 4.18. The third-order valence-electron chi connectivity index (χ3n) is 4.18. The van der Waals surface area contributed by atoms with Crippen molar-refractivity contribution in [1.29, 1.82) is 0 Å². The lowest BCUT2D eigenvalue weighted by molar-refractivity contribution is -0.121. The van der Waals surface area contributed by atoms with E-state index in [1.54, 1.807) is 0 Å². The number of nitrogens with zero attached hydrogens (tertiary/aromatic N) is 1. The summed E-state index contributed by atoms with van der Waals surface area (Å²) in [6, 6.07) is 18.8. The molecule has 24 heavy (non-hydrogen) atoms. The molecule has 1 amide bonds. The molecule has 0 aliphatic heterocycles. The maximum Gasteiger partial charge on any atom is 0.220 e. The van der Waals surface area contributed by atoms with Crippen molar-refractivity contribution in [2.45, 2.75) is 32.6 Å². The molecule has 2 aromatic rings. The SMILES string of the molecule is Cc1ccc(CCCC(=O)NCCCN(C)c2ccccc2)cc1. The van der Waals surface area contributed by atoms with Gasteiger partial charge in [-0.05, 0) is 43.9 Å². The van der Waals surface area contributed by atoms with E-state index in [1.165, 1.54) is 16.8 Å². The maximum absolute atomic E-state index is 11.9. The zero-order valence-electron chi connectivity index (χ0n) is 14.8. The van der Waals surface area contributed by atoms with E-state index >= 15 is 0 Å². The van der Waals surface area contributed by atoms with Crippen molar-refractivity contribution in [1.82, 2.24) is 5.32 Å². The van der Waals surface area contributed by atoms with Crippen LogP contribution in [0.1, 0.15) is 30.4 Å². The topological polar surface area (TPSA) is 32.3 Å². The summed E-state index contributed by atoms with van der Waals surface area (Å²) in [4.78, 5) is 14.1. The molecule has 3 heteroatoms. The minimum absolute atomic E-state index is 0.157. The van der Waals surface area contributed by atoms with Gasteiger partial charge in [0.05, 0.1) is 0 Å². The molecular formula is C21H28N2O. The Balaban J connectivity index is 1.56. The van der Waals surface area contributed by atoms with Crippen LogP contribution in [-0.2, 0) is 11.2 Å². The Hall–Kier alpha value is -2.29. The number of rotatable bonds is 9. The van der Waals surface area contributed by atoms with Gasteiger partial charge in [-0.2, -0.15) is 0 Å². The Morgan fingerprint density at radius 3 is 2.42 bits per heavy atom. The largest absolute Gasteiger partial charge is 0.375 e. The molecule has 0 saturated heterocycles. The molecule has 2 aromatic carbocycles. The number of hydrogen-bond donors (Lipinski definition) is 1. The van der Waals surface area contributed by atoms with Gasteiger partial charge in [0.2, 0.25) is 5.91 Å². The molecule has 0 radical (unpaired) electrons. The van der Waals surface area contributed by atoms with Crippen molar-refractivity contribution < 1.29 is 4.79 Å². The zero-order valence-corrected chi connectivity index (χ0v) is 14.8. The summed E-state index contributed by atoms with van der Waals surface area (Å²) >= 11 is 0. The minimum atomic E-state index is 0.157. The number of aryl methyl sites for hydroxylation is 2. The van der Waals surface area contributed by atoms with Gasteiger partial charge in [-0.1, -0.05) is 48.0 Å². The zero-order chi connectivity index (χ0) is 17.2. The highest BCUT2D eigenvalue weighted by atomic mass is 16.1. The fourth-order valence-electron chi connectivity index (χ4n) is 2.65. The summed E-state index contributed by atoms with van der Waals surface area (Å²) in [5.41, 5.74) is 3.79. The first kappa shape index (κ1) is 18.1. The van der Waals surface area contributed by atoms with Crippen LogP contribution in [0, 0.1) is 6.92 Å². The van der Waals surface area contributed by atoms with Crippen LogP contribution in [0.4, 0.5) is 5.69 Å². The molecule has 0 saturated carbocycles. The Labute approximate surface area is 145 Å². The van der Waals surface area contributed by atoms with E-state index in [1.807, 2.05) is 18.2 Å². The molecular weight excluding hydrogens is 296 g/mol. The molecule has 0 unspecified atom stereocenters. The highest BCUT2D eigenvalue weighted by Crippen LogP contribution is 2.11. The van der Waals surface area contributed by atoms with E-state index in [9.17, 15) is 4.79 Å². The van der Waals surface area contributed by atoms with Crippen LogP contribution in [0.2, 0.25) is 0 Å². The summed E-state index contributed by atoms with van der Waals surface area (Å²) in [5, 5.41) is 3.02. The lowest BCUT2D eigenvalue weighted by Gasteiger charge is -2.19. The van der Waals surface area contributed by atoms with Gasteiger partial charge in [0, 0.05) is 32.2 Å². The maximum atomic E-state index is 11.9. The summed E-state index contributed by atoms with van der Waals surface area (Å²) in [6.07, 6.45) is 3.42. The van der Waals surface area contributed by atoms with Crippen LogP contribution in [0.3, 0.4) is 0 Å². The molecule has 0 bridgehead atoms. The quantitative estimate of drug-likeness (QED) is 0.708. The van der Waals surface area contributed by atoms with Crippen LogP contribution in [0.25, 0.3) is 0 Å². The summed E-state index contributed by atoms with van der Waals surface area (Å²) < 4.78 is 0. The van der Waals surface area contributed by atoms with Crippen LogP contribution in [0.15, 0.2) is 54.6 Å². The number of anilines is 1. The van der Waals surface area contributed by atoms with E-state index < -0.39 is 0 Å². The molecule has 0 fully saturated rings. The average molecular weight is 324 g/mol. The summed E-state index contributed by atoms with van der Waals surface area (Å²) in [6.45, 7) is 3.76. The van der Waals surface area contributed by atoms with E-state index in [0.29, 0.717) is 6.42 Å². The second kappa shape index (κ2) is 9.76. The first-order chi connectivity index (χ1) is 11.6. The van der Waals surface area contributed by atoms with Crippen LogP contribution < -0.4 is 10.2 Å². The first-order valence-electron chi connectivity index (χ1n) is 8.73. The van der Waals surface area contributed by atoms with Gasteiger partial charge in [0.15, 0.2) is 0 Å². The van der Waals surface area contributed by atoms with Gasteiger partial charge >= 0.3 is 0 Å². The summed E-state index contributed by atoms with van der Waals surface area (Å²) in [7, 11) is 2.08. The Morgan fingerprint density at radius 1 is 1.00 bits per heavy atom. The predicted molar refractivity (Wildman–Crippen MR) is 101 cm³/mol. The molecule has 0 heterocycles. The van der Waals surface area contributed by atoms with Crippen molar-refractivity contribution in [3.63, 3.8) is 0 Å². The lowest BCUT2D eigenvalue weighted by atomic mass is 10.1. The third kappa shape index (κ3) is 6.45. The molecule has 0 atom stereocenters. The number of carbonyl (C=O) groups is 1. The van der Waals surface area contributed by atoms with Gasteiger partial charge in [0.25, 0.3) is 0 Å². The number of para-hydroxylation sites is 1. The van der Waals surface area contributed by atoms with E-state index in [4.69, 9.17) is 0 Å². The Bertz CT molecular complexity index is 607. The van der Waals surface area contributed by atoms with E-state index in [0.717, 1.165) is 32.4 Å². The molecule has 1 N–H and O–H groups in total. The normalized spacial score (nSPS) is 10.4. The van der Waals surface area contributed by atoms with Gasteiger partial charge < -0.3 is 10.2 Å². The fourth-order valence-corrected chi connectivity index (χ4v) is 2.65. The monoisotopic (exact) mass is 324 g/mol. The summed E-state index contributed by atoms with van der Waals surface area (Å²) in [5.74, 6) is 0.157. The van der Waals surface area contributed by atoms with Gasteiger partial charge in [0.1, 0.15) is 0 Å². The van der Waals surface area contributed by atoms with Crippen molar-refractivity contribution in [3.8, 4) is 0 Å².